The minimum absolute atomic E-state index is 0.0227. The van der Waals surface area contributed by atoms with E-state index in [1.165, 1.54) is 11.8 Å². The topological polar surface area (TPSA) is 99.2 Å². The molecule has 1 N–H and O–H groups in total. The molecule has 0 bridgehead atoms. The first-order valence-electron chi connectivity index (χ1n) is 8.27. The highest BCUT2D eigenvalue weighted by Gasteiger charge is 2.17. The number of amides is 1. The van der Waals surface area contributed by atoms with E-state index in [9.17, 15) is 9.59 Å². The van der Waals surface area contributed by atoms with Gasteiger partial charge in [-0.1, -0.05) is 30.0 Å². The van der Waals surface area contributed by atoms with Gasteiger partial charge in [-0.05, 0) is 31.2 Å². The van der Waals surface area contributed by atoms with E-state index >= 15 is 0 Å². The summed E-state index contributed by atoms with van der Waals surface area (Å²) in [5, 5.41) is 11.4. The molecule has 2 heterocycles. The number of rotatable bonds is 8. The van der Waals surface area contributed by atoms with Gasteiger partial charge in [-0.15, -0.1) is 10.2 Å². The van der Waals surface area contributed by atoms with Crippen molar-refractivity contribution in [3.8, 4) is 11.6 Å². The Morgan fingerprint density at radius 1 is 1.19 bits per heavy atom. The lowest BCUT2D eigenvalue weighted by Gasteiger charge is -2.07. The minimum atomic E-state index is -0.506. The fourth-order valence-corrected chi connectivity index (χ4v) is 3.10. The van der Waals surface area contributed by atoms with Crippen molar-refractivity contribution in [2.24, 2.45) is 0 Å². The van der Waals surface area contributed by atoms with Crippen molar-refractivity contribution in [3.63, 3.8) is 0 Å². The quantitative estimate of drug-likeness (QED) is 0.469. The Balaban J connectivity index is 1.49. The van der Waals surface area contributed by atoms with Crippen molar-refractivity contribution >= 4 is 29.3 Å². The van der Waals surface area contributed by atoms with Gasteiger partial charge >= 0.3 is 5.97 Å². The highest BCUT2D eigenvalue weighted by atomic mass is 32.2. The maximum Gasteiger partial charge on any atom is 0.316 e. The highest BCUT2D eigenvalue weighted by molar-refractivity contribution is 7.99. The first kappa shape index (κ1) is 18.7. The van der Waals surface area contributed by atoms with Crippen LogP contribution in [0.3, 0.4) is 0 Å². The maximum absolute atomic E-state index is 11.9. The van der Waals surface area contributed by atoms with Gasteiger partial charge in [0.1, 0.15) is 0 Å². The molecule has 0 atom stereocenters. The van der Waals surface area contributed by atoms with Crippen molar-refractivity contribution < 1.29 is 18.7 Å². The van der Waals surface area contributed by atoms with Gasteiger partial charge < -0.3 is 14.5 Å². The molecular formula is C18H18N4O4S. The molecule has 0 radical (unpaired) electrons. The molecule has 0 spiro atoms. The highest BCUT2D eigenvalue weighted by Crippen LogP contribution is 2.24. The summed E-state index contributed by atoms with van der Waals surface area (Å²) in [6.07, 6.45) is 1.56. The zero-order valence-corrected chi connectivity index (χ0v) is 15.4. The predicted octanol–water partition coefficient (Wildman–Crippen LogP) is 2.83. The number of benzene rings is 1. The molecule has 27 heavy (non-hydrogen) atoms. The molecule has 0 fully saturated rings. The molecule has 3 rings (SSSR count). The third-order valence-electron chi connectivity index (χ3n) is 3.52. The Kier molecular flexibility index (Phi) is 6.26. The summed E-state index contributed by atoms with van der Waals surface area (Å²) in [5.74, 6) is 0.330. The number of nitrogens with zero attached hydrogens (tertiary/aromatic N) is 3. The smallest absolute Gasteiger partial charge is 0.316 e. The second-order valence-corrected chi connectivity index (χ2v) is 6.33. The van der Waals surface area contributed by atoms with E-state index in [-0.39, 0.29) is 12.4 Å². The van der Waals surface area contributed by atoms with Gasteiger partial charge in [-0.2, -0.15) is 0 Å². The van der Waals surface area contributed by atoms with Crippen LogP contribution in [0.4, 0.5) is 5.69 Å². The van der Waals surface area contributed by atoms with Crippen LogP contribution in [0.15, 0.2) is 58.3 Å². The third kappa shape index (κ3) is 4.98. The predicted molar refractivity (Wildman–Crippen MR) is 100 cm³/mol. The summed E-state index contributed by atoms with van der Waals surface area (Å²) in [6.45, 7) is 2.23. The van der Waals surface area contributed by atoms with Gasteiger partial charge in [0.25, 0.3) is 5.91 Å². The Bertz CT molecular complexity index is 893. The van der Waals surface area contributed by atoms with Crippen LogP contribution in [0.2, 0.25) is 0 Å². The molecule has 0 saturated carbocycles. The Morgan fingerprint density at radius 3 is 2.70 bits per heavy atom. The van der Waals surface area contributed by atoms with Crippen molar-refractivity contribution in [3.05, 3.63) is 48.7 Å². The number of aromatic nitrogens is 3. The first-order valence-corrected chi connectivity index (χ1v) is 9.26. The number of hydrogen-bond acceptors (Lipinski definition) is 7. The van der Waals surface area contributed by atoms with Gasteiger partial charge in [-0.3, -0.25) is 14.2 Å². The molecule has 0 aliphatic rings. The first-order chi connectivity index (χ1) is 13.2. The van der Waals surface area contributed by atoms with Crippen LogP contribution in [0, 0.1) is 0 Å². The van der Waals surface area contributed by atoms with Gasteiger partial charge in [0.05, 0.1) is 12.0 Å². The summed E-state index contributed by atoms with van der Waals surface area (Å²) in [4.78, 5) is 23.7. The van der Waals surface area contributed by atoms with Crippen LogP contribution in [-0.2, 0) is 20.9 Å². The number of para-hydroxylation sites is 1. The summed E-state index contributed by atoms with van der Waals surface area (Å²) >= 11 is 1.19. The molecule has 0 aliphatic carbocycles. The van der Waals surface area contributed by atoms with Crippen molar-refractivity contribution in [2.45, 2.75) is 18.6 Å². The number of thioether (sulfide) groups is 1. The van der Waals surface area contributed by atoms with Gasteiger partial charge in [-0.25, -0.2) is 0 Å². The van der Waals surface area contributed by atoms with Gasteiger partial charge in [0, 0.05) is 12.2 Å². The standard InChI is InChI=1S/C18H18N4O4S/c1-2-22-17(14-9-6-10-25-14)20-21-18(22)27-12-16(24)26-11-15(23)19-13-7-4-3-5-8-13/h3-10H,2,11-12H2,1H3,(H,19,23). The summed E-state index contributed by atoms with van der Waals surface area (Å²) in [7, 11) is 0. The summed E-state index contributed by atoms with van der Waals surface area (Å²) < 4.78 is 12.2. The minimum Gasteiger partial charge on any atom is -0.461 e. The van der Waals surface area contributed by atoms with Crippen LogP contribution in [0.1, 0.15) is 6.92 Å². The van der Waals surface area contributed by atoms with E-state index in [4.69, 9.17) is 9.15 Å². The number of ether oxygens (including phenoxy) is 1. The molecular weight excluding hydrogens is 368 g/mol. The van der Waals surface area contributed by atoms with Crippen molar-refractivity contribution in [1.29, 1.82) is 0 Å². The molecule has 3 aromatic rings. The van der Waals surface area contributed by atoms with Crippen LogP contribution in [0.5, 0.6) is 0 Å². The SMILES string of the molecule is CCn1c(SCC(=O)OCC(=O)Nc2ccccc2)nnc1-c1ccco1. The zero-order valence-electron chi connectivity index (χ0n) is 14.6. The average molecular weight is 386 g/mol. The number of nitrogens with one attached hydrogen (secondary N) is 1. The normalized spacial score (nSPS) is 10.6. The van der Waals surface area contributed by atoms with Crippen LogP contribution >= 0.6 is 11.8 Å². The van der Waals surface area contributed by atoms with Crippen molar-refractivity contribution in [2.75, 3.05) is 17.7 Å². The van der Waals surface area contributed by atoms with Crippen LogP contribution in [-0.4, -0.2) is 39.0 Å². The van der Waals surface area contributed by atoms with Crippen LogP contribution in [0.25, 0.3) is 11.6 Å². The van der Waals surface area contributed by atoms with Crippen molar-refractivity contribution in [1.82, 2.24) is 14.8 Å². The number of carbonyl (C=O) groups excluding carboxylic acids is 2. The van der Waals surface area contributed by atoms with E-state index in [0.717, 1.165) is 0 Å². The third-order valence-corrected chi connectivity index (χ3v) is 4.46. The Hall–Kier alpha value is -3.07. The average Bonchev–Trinajstić information content (AvgIpc) is 3.34. The van der Waals surface area contributed by atoms with Crippen LogP contribution < -0.4 is 5.32 Å². The lowest BCUT2D eigenvalue weighted by Crippen LogP contribution is -2.21. The molecule has 9 heteroatoms. The number of esters is 1. The fourth-order valence-electron chi connectivity index (χ4n) is 2.30. The van der Waals surface area contributed by atoms with E-state index in [2.05, 4.69) is 15.5 Å². The largest absolute Gasteiger partial charge is 0.461 e. The molecule has 2 aromatic heterocycles. The number of hydrogen-bond donors (Lipinski definition) is 1. The Labute approximate surface area is 159 Å². The lowest BCUT2D eigenvalue weighted by molar-refractivity contribution is -0.144. The zero-order chi connectivity index (χ0) is 19.1. The molecule has 8 nitrogen and oxygen atoms in total. The molecule has 140 valence electrons. The summed E-state index contributed by atoms with van der Waals surface area (Å²) in [5.41, 5.74) is 0.648. The number of furan rings is 1. The van der Waals surface area contributed by atoms with Gasteiger partial charge in [0.15, 0.2) is 23.3 Å². The Morgan fingerprint density at radius 2 is 2.00 bits per heavy atom. The maximum atomic E-state index is 11.9. The molecule has 1 amide bonds. The van der Waals surface area contributed by atoms with Gasteiger partial charge in [0.2, 0.25) is 0 Å². The molecule has 1 aromatic carbocycles. The summed E-state index contributed by atoms with van der Waals surface area (Å²) in [6, 6.07) is 12.5. The van der Waals surface area contributed by atoms with E-state index < -0.39 is 11.9 Å². The number of carbonyl (C=O) groups is 2. The molecule has 0 aliphatic heterocycles. The lowest BCUT2D eigenvalue weighted by atomic mass is 10.3. The monoisotopic (exact) mass is 386 g/mol. The molecule has 0 unspecified atom stereocenters. The van der Waals surface area contributed by atoms with E-state index in [1.54, 1.807) is 42.7 Å². The van der Waals surface area contributed by atoms with E-state index in [1.807, 2.05) is 17.6 Å². The molecule has 0 saturated heterocycles. The second kappa shape index (κ2) is 9.04. The fraction of sp³-hybridized carbons (Fsp3) is 0.222. The number of anilines is 1. The second-order valence-electron chi connectivity index (χ2n) is 5.39. The van der Waals surface area contributed by atoms with E-state index in [0.29, 0.717) is 29.0 Å².